The molecule has 0 aromatic heterocycles. The van der Waals surface area contributed by atoms with Gasteiger partial charge in [0, 0.05) is 13.0 Å². The van der Waals surface area contributed by atoms with Crippen LogP contribution in [0.5, 0.6) is 0 Å². The smallest absolute Gasteiger partial charge is 0.243 e. The van der Waals surface area contributed by atoms with Crippen molar-refractivity contribution >= 4 is 100 Å². The summed E-state index contributed by atoms with van der Waals surface area (Å²) in [5.74, 6) is -7.91. The van der Waals surface area contributed by atoms with Crippen LogP contribution in [0, 0.1) is 47.3 Å². The SMILES string of the molecule is CC(C)C[C@H](NC(=O)[C@H](CC(C)C)NC(=O)[C@H](CCCCN)NC(=O)[C@H](CC(C)C)NC(=O)[C@H](CC(C)C)NC(=O)[C@H](CCCCN)NC(=O)[C@H](CCCCN)NC(=O)[C@@H](N)CC(C)C)C(=O)N[C@@H](C)C(=O)N[C@@H](CCCCN)C(=O)N[C@@H](CC(C)C)C(=O)N[C@@H](CC(C)C)C(=O)N[C@@H](CCCCN)C(=O)N[C@@H](CC(C)C)C(=O)N[C@@H](CCCCN)C(=O)NCC(=O)NCCCCCC(=O)NN. The molecule has 0 bridgehead atoms. The third-order valence-corrected chi connectivity index (χ3v) is 22.7. The van der Waals surface area contributed by atoms with Gasteiger partial charge in [0.15, 0.2) is 0 Å². The van der Waals surface area contributed by atoms with Crippen LogP contribution in [-0.2, 0) is 81.5 Å². The van der Waals surface area contributed by atoms with Crippen molar-refractivity contribution in [2.75, 3.05) is 52.4 Å². The Morgan fingerprint density at radius 3 is 0.635 bits per heavy atom. The molecule has 790 valence electrons. The van der Waals surface area contributed by atoms with E-state index in [9.17, 15) is 81.5 Å². The normalized spacial score (nSPS) is 14.8. The minimum atomic E-state index is -1.36. The van der Waals surface area contributed by atoms with E-state index in [1.165, 1.54) is 6.92 Å². The molecule has 42 heteroatoms. The molecule has 0 heterocycles. The number of hydrogen-bond donors (Lipinski definition) is 25. The first kappa shape index (κ1) is 128. The minimum absolute atomic E-state index is 0.0212. The van der Waals surface area contributed by atoms with E-state index in [0.29, 0.717) is 129 Å². The second kappa shape index (κ2) is 72.9. The van der Waals surface area contributed by atoms with E-state index in [1.807, 2.05) is 111 Å². The fourth-order valence-electron chi connectivity index (χ4n) is 15.3. The fraction of sp³-hybridized carbons (Fsp3) is 0.821. The number of hydrogen-bond acceptors (Lipinski definition) is 25. The summed E-state index contributed by atoms with van der Waals surface area (Å²) in [7, 11) is 0. The van der Waals surface area contributed by atoms with Gasteiger partial charge in [-0.25, -0.2) is 5.84 Å². The van der Waals surface area contributed by atoms with Crippen molar-refractivity contribution in [3.8, 4) is 0 Å². The highest BCUT2D eigenvalue weighted by atomic mass is 16.2. The zero-order chi connectivity index (χ0) is 104. The third-order valence-electron chi connectivity index (χ3n) is 22.7. The molecule has 0 aliphatic carbocycles. The van der Waals surface area contributed by atoms with Crippen LogP contribution in [0.25, 0.3) is 0 Å². The van der Waals surface area contributed by atoms with Crippen LogP contribution in [0.15, 0.2) is 0 Å². The van der Waals surface area contributed by atoms with Crippen molar-refractivity contribution in [3.63, 3.8) is 0 Å². The maximum atomic E-state index is 14.8. The summed E-state index contributed by atoms with van der Waals surface area (Å²) < 4.78 is 0. The number of nitrogens with one attached hydrogen (secondary N) is 17. The summed E-state index contributed by atoms with van der Waals surface area (Å²) in [5, 5.41) is 44.5. The number of carbonyl (C=O) groups is 17. The van der Waals surface area contributed by atoms with E-state index in [-0.39, 0.29) is 163 Å². The number of nitrogens with two attached hydrogens (primary N) is 8. The van der Waals surface area contributed by atoms with Crippen LogP contribution < -0.4 is 136 Å². The van der Waals surface area contributed by atoms with Crippen molar-refractivity contribution < 1.29 is 81.5 Å². The highest BCUT2D eigenvalue weighted by Crippen LogP contribution is 2.19. The molecular formula is C95H183N25O17. The van der Waals surface area contributed by atoms with E-state index < -0.39 is 192 Å². The first-order valence-electron chi connectivity index (χ1n) is 50.4. The standard InChI is InChI=1S/C95H183N25O17/c1-56(2)47-65(102)82(124)108-68(35-22-28-42-98)84(126)110-69(36-23-29-43-99)86(128)115-78(54-63(15)16)95(137)119-75(51-60(9)10)92(134)112-71(38-25-31-45-101)88(130)116-76(52-61(11)12)93(135)117-72(48-57(3)4)89(131)106-64(17)81(123)107-67(34-21-27-41-97)85(127)114-77(53-62(13)14)94(136)118-74(50-59(7)8)91(133)111-70(37-24-30-44-100)87(129)113-73(49-58(5)6)90(132)109-66(33-20-26-40-96)83(125)105-55-80(122)104-46-32-18-19-39-79(121)120-103/h56-78H,18-55,96-103H2,1-17H3,(H,104,122)(H,105,125)(H,106,131)(H,107,123)(H,108,124)(H,109,132)(H,110,126)(H,111,133)(H,112,134)(H,113,129)(H,114,127)(H,115,128)(H,116,130)(H,117,135)(H,118,136)(H,119,137)(H,120,121)/t64-,65-,66-,67-,68-,69-,70-,71-,72-,73-,74-,75-,76-,77-,78-/m0/s1. The van der Waals surface area contributed by atoms with Gasteiger partial charge in [0.25, 0.3) is 0 Å². The molecule has 0 aliphatic rings. The van der Waals surface area contributed by atoms with Gasteiger partial charge in [-0.15, -0.1) is 0 Å². The monoisotopic (exact) mass is 1950 g/mol. The molecule has 0 unspecified atom stereocenters. The summed E-state index contributed by atoms with van der Waals surface area (Å²) >= 11 is 0. The van der Waals surface area contributed by atoms with Crippen LogP contribution in [0.1, 0.15) is 310 Å². The van der Waals surface area contributed by atoms with Gasteiger partial charge in [-0.1, -0.05) is 117 Å². The van der Waals surface area contributed by atoms with Gasteiger partial charge in [-0.2, -0.15) is 0 Å². The number of hydrazine groups is 1. The Morgan fingerprint density at radius 1 is 0.204 bits per heavy atom. The van der Waals surface area contributed by atoms with Crippen LogP contribution in [0.4, 0.5) is 0 Å². The molecule has 0 radical (unpaired) electrons. The zero-order valence-electron chi connectivity index (χ0n) is 85.7. The Kier molecular flexibility index (Phi) is 67.9. The average molecular weight is 1950 g/mol. The summed E-state index contributed by atoms with van der Waals surface area (Å²) in [4.78, 5) is 241. The number of amides is 17. The molecular weight excluding hydrogens is 1760 g/mol. The molecule has 0 fully saturated rings. The van der Waals surface area contributed by atoms with Crippen LogP contribution in [-0.4, -0.2) is 243 Å². The highest BCUT2D eigenvalue weighted by Gasteiger charge is 2.40. The number of carbonyl (C=O) groups excluding carboxylic acids is 17. The molecule has 17 amide bonds. The Balaban J connectivity index is 7.16. The topological polar surface area (TPSA) is 703 Å². The van der Waals surface area contributed by atoms with Gasteiger partial charge < -0.3 is 125 Å². The summed E-state index contributed by atoms with van der Waals surface area (Å²) in [6.45, 7) is 32.3. The lowest BCUT2D eigenvalue weighted by Crippen LogP contribution is -2.61. The lowest BCUT2D eigenvalue weighted by molar-refractivity contribution is -0.136. The minimum Gasteiger partial charge on any atom is -0.355 e. The van der Waals surface area contributed by atoms with Crippen LogP contribution >= 0.6 is 0 Å². The first-order valence-corrected chi connectivity index (χ1v) is 50.4. The van der Waals surface area contributed by atoms with Gasteiger partial charge >= 0.3 is 0 Å². The van der Waals surface area contributed by atoms with Gasteiger partial charge in [-0.3, -0.25) is 86.9 Å². The van der Waals surface area contributed by atoms with E-state index in [2.05, 4.69) is 90.5 Å². The average Bonchev–Trinajstić information content (AvgIpc) is 0.853. The van der Waals surface area contributed by atoms with Crippen molar-refractivity contribution in [2.24, 2.45) is 93.3 Å². The third kappa shape index (κ3) is 57.7. The molecule has 33 N–H and O–H groups in total. The molecule has 137 heavy (non-hydrogen) atoms. The lowest BCUT2D eigenvalue weighted by Gasteiger charge is -2.29. The van der Waals surface area contributed by atoms with Gasteiger partial charge in [0.05, 0.1) is 12.6 Å². The maximum absolute atomic E-state index is 14.8. The molecule has 0 saturated heterocycles. The molecule has 15 atom stereocenters. The largest absolute Gasteiger partial charge is 0.355 e. The Labute approximate surface area is 815 Å². The summed E-state index contributed by atoms with van der Waals surface area (Å²) in [6.07, 6.45) is 8.69. The van der Waals surface area contributed by atoms with Crippen LogP contribution in [0.3, 0.4) is 0 Å². The lowest BCUT2D eigenvalue weighted by atomic mass is 9.98. The quantitative estimate of drug-likeness (QED) is 0.0165. The maximum Gasteiger partial charge on any atom is 0.243 e. The molecule has 0 aliphatic heterocycles. The number of rotatable bonds is 77. The first-order chi connectivity index (χ1) is 64.6. The van der Waals surface area contributed by atoms with Crippen molar-refractivity contribution in [1.29, 1.82) is 0 Å². The zero-order valence-corrected chi connectivity index (χ0v) is 85.7. The van der Waals surface area contributed by atoms with Crippen molar-refractivity contribution in [1.82, 2.24) is 90.5 Å². The Morgan fingerprint density at radius 2 is 0.409 bits per heavy atom. The highest BCUT2D eigenvalue weighted by molar-refractivity contribution is 6.01. The number of unbranched alkanes of at least 4 members (excludes halogenated alkanes) is 8. The second-order valence-corrected chi connectivity index (χ2v) is 39.8. The van der Waals surface area contributed by atoms with Gasteiger partial charge in [0.1, 0.15) is 84.6 Å². The summed E-state index contributed by atoms with van der Waals surface area (Å²) in [5.41, 5.74) is 43.4. The molecule has 0 rings (SSSR count). The van der Waals surface area contributed by atoms with E-state index in [1.54, 1.807) is 0 Å². The predicted octanol–water partition coefficient (Wildman–Crippen LogP) is 0.0463. The fourth-order valence-corrected chi connectivity index (χ4v) is 15.3. The Hall–Kier alpha value is -9.33. The van der Waals surface area contributed by atoms with Gasteiger partial charge in [-0.05, 0) is 273 Å². The van der Waals surface area contributed by atoms with Gasteiger partial charge in [0.2, 0.25) is 100 Å². The molecule has 0 aromatic carbocycles. The van der Waals surface area contributed by atoms with E-state index in [0.717, 1.165) is 0 Å². The molecule has 0 spiro atoms. The Bertz CT molecular complexity index is 3610. The molecule has 0 saturated carbocycles. The van der Waals surface area contributed by atoms with E-state index in [4.69, 9.17) is 46.0 Å². The summed E-state index contributed by atoms with van der Waals surface area (Å²) in [6, 6.07) is -18.5. The molecule has 0 aromatic rings. The molecule has 42 nitrogen and oxygen atoms in total. The van der Waals surface area contributed by atoms with Crippen molar-refractivity contribution in [2.45, 2.75) is 401 Å². The van der Waals surface area contributed by atoms with Crippen molar-refractivity contribution in [3.05, 3.63) is 0 Å². The second-order valence-electron chi connectivity index (χ2n) is 39.8. The predicted molar refractivity (Wildman–Crippen MR) is 531 cm³/mol. The van der Waals surface area contributed by atoms with E-state index >= 15 is 0 Å². The van der Waals surface area contributed by atoms with Crippen LogP contribution in [0.2, 0.25) is 0 Å².